The van der Waals surface area contributed by atoms with Gasteiger partial charge < -0.3 is 0 Å². The van der Waals surface area contributed by atoms with Crippen LogP contribution in [0.5, 0.6) is 0 Å². The molecule has 0 saturated carbocycles. The number of halogens is 1. The summed E-state index contributed by atoms with van der Waals surface area (Å²) in [5, 5.41) is 2.02. The van der Waals surface area contributed by atoms with E-state index in [-0.39, 0.29) is 8.68 Å². The molecule has 0 saturated heterocycles. The highest BCUT2D eigenvalue weighted by molar-refractivity contribution is 7.94. The monoisotopic (exact) mass is 338 g/mol. The van der Waals surface area contributed by atoms with Gasteiger partial charge in [-0.25, -0.2) is 13.4 Å². The van der Waals surface area contributed by atoms with Crippen LogP contribution in [-0.2, 0) is 10.0 Å². The summed E-state index contributed by atoms with van der Waals surface area (Å²) in [5.41, 5.74) is 0.913. The van der Waals surface area contributed by atoms with Crippen molar-refractivity contribution in [2.45, 2.75) is 11.1 Å². The maximum atomic E-state index is 12.4. The molecule has 0 radical (unpaired) electrons. The fraction of sp³-hybridized carbons (Fsp3) is 0.0714. The fourth-order valence-electron chi connectivity index (χ4n) is 2.05. The smallest absolute Gasteiger partial charge is 0.273 e. The van der Waals surface area contributed by atoms with E-state index in [1.54, 1.807) is 19.1 Å². The highest BCUT2D eigenvalue weighted by atomic mass is 35.5. The topological polar surface area (TPSA) is 59.1 Å². The second-order valence-corrected chi connectivity index (χ2v) is 7.97. The van der Waals surface area contributed by atoms with Gasteiger partial charge in [0.15, 0.2) is 8.68 Å². The lowest BCUT2D eigenvalue weighted by Gasteiger charge is -2.08. The molecule has 0 aliphatic rings. The highest BCUT2D eigenvalue weighted by Gasteiger charge is 2.21. The number of hydrogen-bond acceptors (Lipinski definition) is 4. The van der Waals surface area contributed by atoms with E-state index in [4.69, 9.17) is 11.6 Å². The number of hydrogen-bond donors (Lipinski definition) is 1. The maximum Gasteiger partial charge on any atom is 0.273 e. The molecule has 0 unspecified atom stereocenters. The lowest BCUT2D eigenvalue weighted by molar-refractivity contribution is 0.602. The zero-order valence-electron chi connectivity index (χ0n) is 11.0. The Kier molecular flexibility index (Phi) is 3.61. The second kappa shape index (κ2) is 5.29. The molecule has 0 aliphatic carbocycles. The molecule has 0 fully saturated rings. The van der Waals surface area contributed by atoms with Crippen LogP contribution in [0.25, 0.3) is 10.8 Å². The third kappa shape index (κ3) is 2.88. The molecule has 0 atom stereocenters. The van der Waals surface area contributed by atoms with E-state index in [2.05, 4.69) is 9.71 Å². The van der Waals surface area contributed by atoms with Crippen LogP contribution >= 0.6 is 22.9 Å². The first-order valence-corrected chi connectivity index (χ1v) is 8.78. The van der Waals surface area contributed by atoms with E-state index in [1.165, 1.54) is 0 Å². The second-order valence-electron chi connectivity index (χ2n) is 4.51. The quantitative estimate of drug-likeness (QED) is 0.783. The first kappa shape index (κ1) is 14.3. The summed E-state index contributed by atoms with van der Waals surface area (Å²) < 4.78 is 27.7. The number of fused-ring (bicyclic) bond motifs is 1. The molecular formula is C14H11ClN2O2S2. The first-order chi connectivity index (χ1) is 9.95. The number of sulfonamides is 1. The largest absolute Gasteiger partial charge is 0.279 e. The molecule has 1 aromatic heterocycles. The molecule has 3 aromatic rings. The summed E-state index contributed by atoms with van der Waals surface area (Å²) in [5.74, 6) is 0. The van der Waals surface area contributed by atoms with Gasteiger partial charge in [-0.3, -0.25) is 4.72 Å². The van der Waals surface area contributed by atoms with Gasteiger partial charge in [0.25, 0.3) is 10.0 Å². The van der Waals surface area contributed by atoms with E-state index in [0.717, 1.165) is 22.1 Å². The molecule has 21 heavy (non-hydrogen) atoms. The number of nitrogens with zero attached hydrogens (tertiary/aromatic N) is 1. The normalized spacial score (nSPS) is 11.7. The lowest BCUT2D eigenvalue weighted by atomic mass is 10.1. The molecule has 108 valence electrons. The number of thiazole rings is 1. The summed E-state index contributed by atoms with van der Waals surface area (Å²) in [4.78, 5) is 3.93. The van der Waals surface area contributed by atoms with Gasteiger partial charge in [0.2, 0.25) is 0 Å². The van der Waals surface area contributed by atoms with Crippen LogP contribution in [0.4, 0.5) is 5.69 Å². The van der Waals surface area contributed by atoms with E-state index < -0.39 is 10.0 Å². The highest BCUT2D eigenvalue weighted by Crippen LogP contribution is 2.29. The lowest BCUT2D eigenvalue weighted by Crippen LogP contribution is -2.12. The van der Waals surface area contributed by atoms with Crippen LogP contribution in [0.1, 0.15) is 5.69 Å². The van der Waals surface area contributed by atoms with Crippen molar-refractivity contribution in [2.24, 2.45) is 0 Å². The van der Waals surface area contributed by atoms with Gasteiger partial charge >= 0.3 is 0 Å². The zero-order valence-corrected chi connectivity index (χ0v) is 13.4. The van der Waals surface area contributed by atoms with Crippen molar-refractivity contribution in [3.05, 3.63) is 52.6 Å². The number of rotatable bonds is 3. The number of aryl methyl sites for hydroxylation is 1. The van der Waals surface area contributed by atoms with Crippen molar-refractivity contribution >= 4 is 49.4 Å². The molecule has 7 heteroatoms. The molecule has 4 nitrogen and oxygen atoms in total. The molecule has 0 bridgehead atoms. The van der Waals surface area contributed by atoms with Crippen molar-refractivity contribution in [2.75, 3.05) is 4.72 Å². The summed E-state index contributed by atoms with van der Waals surface area (Å²) in [7, 11) is -3.67. The Labute approximate surface area is 131 Å². The van der Waals surface area contributed by atoms with Gasteiger partial charge in [0, 0.05) is 5.69 Å². The van der Waals surface area contributed by atoms with Crippen LogP contribution < -0.4 is 4.72 Å². The number of benzene rings is 2. The van der Waals surface area contributed by atoms with Gasteiger partial charge in [-0.05, 0) is 29.8 Å². The molecule has 2 aromatic carbocycles. The minimum absolute atomic E-state index is 0.139. The minimum Gasteiger partial charge on any atom is -0.279 e. The Balaban J connectivity index is 1.99. The average molecular weight is 339 g/mol. The van der Waals surface area contributed by atoms with Gasteiger partial charge in [0.05, 0.1) is 5.69 Å². The van der Waals surface area contributed by atoms with Gasteiger partial charge in [-0.1, -0.05) is 53.3 Å². The molecule has 0 amide bonds. The summed E-state index contributed by atoms with van der Waals surface area (Å²) in [6.45, 7) is 1.62. The van der Waals surface area contributed by atoms with Gasteiger partial charge in [-0.15, -0.1) is 0 Å². The Morgan fingerprint density at radius 3 is 2.52 bits per heavy atom. The van der Waals surface area contributed by atoms with Crippen molar-refractivity contribution in [3.63, 3.8) is 0 Å². The molecule has 0 spiro atoms. The van der Waals surface area contributed by atoms with Gasteiger partial charge in [-0.2, -0.15) is 0 Å². The molecule has 3 rings (SSSR count). The van der Waals surface area contributed by atoms with Crippen LogP contribution in [0.2, 0.25) is 4.47 Å². The molecule has 1 heterocycles. The number of nitrogens with one attached hydrogen (secondary N) is 1. The number of anilines is 1. The third-order valence-corrected chi connectivity index (χ3v) is 6.23. The maximum absolute atomic E-state index is 12.4. The van der Waals surface area contributed by atoms with Crippen LogP contribution in [0.15, 0.2) is 46.7 Å². The molecule has 0 aliphatic heterocycles. The Bertz CT molecular complexity index is 920. The zero-order chi connectivity index (χ0) is 15.0. The predicted molar refractivity (Wildman–Crippen MR) is 86.6 cm³/mol. The van der Waals surface area contributed by atoms with Crippen molar-refractivity contribution in [1.82, 2.24) is 4.98 Å². The van der Waals surface area contributed by atoms with E-state index in [1.807, 2.05) is 30.3 Å². The number of aromatic nitrogens is 1. The Hall–Kier alpha value is -1.63. The minimum atomic E-state index is -3.67. The van der Waals surface area contributed by atoms with Crippen LogP contribution in [0.3, 0.4) is 0 Å². The Morgan fingerprint density at radius 2 is 1.86 bits per heavy atom. The third-order valence-electron chi connectivity index (χ3n) is 2.97. The fourth-order valence-corrected chi connectivity index (χ4v) is 4.84. The summed E-state index contributed by atoms with van der Waals surface area (Å²) in [6, 6.07) is 13.2. The van der Waals surface area contributed by atoms with Crippen LogP contribution in [-0.4, -0.2) is 13.4 Å². The first-order valence-electron chi connectivity index (χ1n) is 6.10. The van der Waals surface area contributed by atoms with E-state index in [9.17, 15) is 8.42 Å². The van der Waals surface area contributed by atoms with Crippen molar-refractivity contribution in [3.8, 4) is 0 Å². The Morgan fingerprint density at radius 1 is 1.14 bits per heavy atom. The predicted octanol–water partition coefficient (Wildman–Crippen LogP) is 4.06. The standard InChI is InChI=1S/C14H11ClN2O2S2/c1-9-13(20-14(15)16-9)21(18,19)17-12-7-6-10-4-2-3-5-11(10)8-12/h2-8,17H,1H3. The summed E-state index contributed by atoms with van der Waals surface area (Å²) in [6.07, 6.45) is 0. The van der Waals surface area contributed by atoms with Crippen LogP contribution in [0, 0.1) is 6.92 Å². The van der Waals surface area contributed by atoms with Crippen molar-refractivity contribution < 1.29 is 8.42 Å². The van der Waals surface area contributed by atoms with Crippen molar-refractivity contribution in [1.29, 1.82) is 0 Å². The summed E-state index contributed by atoms with van der Waals surface area (Å²) >= 11 is 6.72. The van der Waals surface area contributed by atoms with E-state index >= 15 is 0 Å². The SMILES string of the molecule is Cc1nc(Cl)sc1S(=O)(=O)Nc1ccc2ccccc2c1. The molecule has 1 N–H and O–H groups in total. The molecular weight excluding hydrogens is 328 g/mol. The average Bonchev–Trinajstić information content (AvgIpc) is 2.78. The van der Waals surface area contributed by atoms with Gasteiger partial charge in [0.1, 0.15) is 0 Å². The van der Waals surface area contributed by atoms with E-state index in [0.29, 0.717) is 11.4 Å².